The van der Waals surface area contributed by atoms with Gasteiger partial charge in [0.2, 0.25) is 0 Å². The Labute approximate surface area is 113 Å². The average Bonchev–Trinajstić information content (AvgIpc) is 2.39. The van der Waals surface area contributed by atoms with Crippen LogP contribution in [0.25, 0.3) is 22.2 Å². The third kappa shape index (κ3) is 2.02. The van der Waals surface area contributed by atoms with Gasteiger partial charge in [0.15, 0.2) is 3.83 Å². The van der Waals surface area contributed by atoms with E-state index in [1.54, 1.807) is 0 Å². The lowest BCUT2D eigenvalue weighted by Gasteiger charge is -2.05. The van der Waals surface area contributed by atoms with E-state index in [1.807, 2.05) is 36.4 Å². The zero-order chi connectivity index (χ0) is 11.7. The summed E-state index contributed by atoms with van der Waals surface area (Å²) in [5.41, 5.74) is 3.12. The summed E-state index contributed by atoms with van der Waals surface area (Å²) >= 11 is 2.16. The van der Waals surface area contributed by atoms with E-state index >= 15 is 0 Å². The molecule has 2 nitrogen and oxygen atoms in total. The molecule has 0 spiro atoms. The molecule has 3 aromatic rings. The van der Waals surface area contributed by atoms with Gasteiger partial charge < -0.3 is 0 Å². The summed E-state index contributed by atoms with van der Waals surface area (Å²) in [6.07, 6.45) is 0. The minimum atomic E-state index is 0.778. The average molecular weight is 332 g/mol. The maximum Gasteiger partial charge on any atom is 0.191 e. The third-order valence-corrected chi connectivity index (χ3v) is 3.11. The van der Waals surface area contributed by atoms with Crippen molar-refractivity contribution in [3.63, 3.8) is 0 Å². The molecule has 0 N–H and O–H groups in total. The lowest BCUT2D eigenvalue weighted by atomic mass is 10.1. The van der Waals surface area contributed by atoms with Gasteiger partial charge in [-0.05, 0) is 6.07 Å². The Kier molecular flexibility index (Phi) is 2.76. The Morgan fingerprint density at radius 2 is 1.47 bits per heavy atom. The fourth-order valence-electron chi connectivity index (χ4n) is 1.86. The van der Waals surface area contributed by atoms with Crippen LogP contribution in [-0.4, -0.2) is 9.97 Å². The second-order valence-electron chi connectivity index (χ2n) is 3.72. The number of hydrogen-bond acceptors (Lipinski definition) is 2. The SMILES string of the molecule is Ic1nc(-c2ccccc2)c2ccccc2n1. The number of halogens is 1. The van der Waals surface area contributed by atoms with Crippen LogP contribution in [0.1, 0.15) is 0 Å². The van der Waals surface area contributed by atoms with Gasteiger partial charge in [-0.3, -0.25) is 0 Å². The van der Waals surface area contributed by atoms with Crippen molar-refractivity contribution in [2.45, 2.75) is 0 Å². The molecule has 0 saturated heterocycles. The molecule has 3 heteroatoms. The van der Waals surface area contributed by atoms with Crippen molar-refractivity contribution in [2.75, 3.05) is 0 Å². The number of nitrogens with zero attached hydrogens (tertiary/aromatic N) is 2. The third-order valence-electron chi connectivity index (χ3n) is 2.62. The van der Waals surface area contributed by atoms with Crippen LogP contribution in [-0.2, 0) is 0 Å². The molecule has 3 rings (SSSR count). The first-order valence-electron chi connectivity index (χ1n) is 5.32. The summed E-state index contributed by atoms with van der Waals surface area (Å²) in [5.74, 6) is 0. The second-order valence-corrected chi connectivity index (χ2v) is 4.69. The van der Waals surface area contributed by atoms with E-state index in [2.05, 4.69) is 50.8 Å². The van der Waals surface area contributed by atoms with Crippen molar-refractivity contribution in [1.82, 2.24) is 9.97 Å². The van der Waals surface area contributed by atoms with E-state index in [1.165, 1.54) is 0 Å². The van der Waals surface area contributed by atoms with Gasteiger partial charge >= 0.3 is 0 Å². The van der Waals surface area contributed by atoms with Crippen LogP contribution in [0.15, 0.2) is 54.6 Å². The topological polar surface area (TPSA) is 25.8 Å². The van der Waals surface area contributed by atoms with Crippen molar-refractivity contribution in [2.24, 2.45) is 0 Å². The Hall–Kier alpha value is -1.49. The fraction of sp³-hybridized carbons (Fsp3) is 0. The van der Waals surface area contributed by atoms with Crippen LogP contribution < -0.4 is 0 Å². The van der Waals surface area contributed by atoms with Crippen LogP contribution in [0, 0.1) is 3.83 Å². The molecule has 0 fully saturated rings. The van der Waals surface area contributed by atoms with Crippen LogP contribution in [0.3, 0.4) is 0 Å². The quantitative estimate of drug-likeness (QED) is 0.499. The van der Waals surface area contributed by atoms with Crippen LogP contribution in [0.5, 0.6) is 0 Å². The Morgan fingerprint density at radius 3 is 2.29 bits per heavy atom. The van der Waals surface area contributed by atoms with E-state index in [0.717, 1.165) is 26.0 Å². The molecular weight excluding hydrogens is 323 g/mol. The van der Waals surface area contributed by atoms with E-state index < -0.39 is 0 Å². The van der Waals surface area contributed by atoms with Crippen molar-refractivity contribution in [3.05, 3.63) is 58.4 Å². The molecule has 0 aliphatic rings. The first-order chi connectivity index (χ1) is 8.34. The molecule has 1 aromatic heterocycles. The van der Waals surface area contributed by atoms with Gasteiger partial charge in [-0.15, -0.1) is 0 Å². The minimum Gasteiger partial charge on any atom is -0.223 e. The minimum absolute atomic E-state index is 0.778. The van der Waals surface area contributed by atoms with Crippen LogP contribution in [0.4, 0.5) is 0 Å². The van der Waals surface area contributed by atoms with Gasteiger partial charge in [0.1, 0.15) is 0 Å². The van der Waals surface area contributed by atoms with Crippen molar-refractivity contribution < 1.29 is 0 Å². The van der Waals surface area contributed by atoms with Crippen molar-refractivity contribution >= 4 is 33.5 Å². The lowest BCUT2D eigenvalue weighted by Crippen LogP contribution is -1.93. The predicted octanol–water partition coefficient (Wildman–Crippen LogP) is 3.90. The normalized spacial score (nSPS) is 10.6. The largest absolute Gasteiger partial charge is 0.223 e. The molecule has 0 aliphatic carbocycles. The molecule has 0 atom stereocenters. The molecular formula is C14H9IN2. The van der Waals surface area contributed by atoms with Crippen LogP contribution >= 0.6 is 22.6 Å². The number of para-hydroxylation sites is 1. The van der Waals surface area contributed by atoms with Crippen molar-refractivity contribution in [3.8, 4) is 11.3 Å². The van der Waals surface area contributed by atoms with E-state index in [-0.39, 0.29) is 0 Å². The number of rotatable bonds is 1. The summed E-state index contributed by atoms with van der Waals surface area (Å²) in [6.45, 7) is 0. The highest BCUT2D eigenvalue weighted by molar-refractivity contribution is 14.1. The van der Waals surface area contributed by atoms with E-state index in [4.69, 9.17) is 0 Å². The first kappa shape index (κ1) is 10.7. The molecule has 0 aliphatic heterocycles. The van der Waals surface area contributed by atoms with Gasteiger partial charge in [0.25, 0.3) is 0 Å². The second kappa shape index (κ2) is 4.41. The molecule has 1 heterocycles. The molecule has 0 bridgehead atoms. The smallest absolute Gasteiger partial charge is 0.191 e. The van der Waals surface area contributed by atoms with Crippen molar-refractivity contribution in [1.29, 1.82) is 0 Å². The summed E-state index contributed by atoms with van der Waals surface area (Å²) in [5, 5.41) is 1.10. The standard InChI is InChI=1S/C14H9IN2/c15-14-16-12-9-5-4-8-11(12)13(17-14)10-6-2-1-3-7-10/h1-9H. The number of benzene rings is 2. The molecule has 0 radical (unpaired) electrons. The molecule has 17 heavy (non-hydrogen) atoms. The van der Waals surface area contributed by atoms with E-state index in [9.17, 15) is 0 Å². The zero-order valence-corrected chi connectivity index (χ0v) is 11.1. The zero-order valence-electron chi connectivity index (χ0n) is 8.97. The highest BCUT2D eigenvalue weighted by Crippen LogP contribution is 2.25. The Balaban J connectivity index is 2.36. The summed E-state index contributed by atoms with van der Waals surface area (Å²) in [4.78, 5) is 8.98. The summed E-state index contributed by atoms with van der Waals surface area (Å²) in [7, 11) is 0. The lowest BCUT2D eigenvalue weighted by molar-refractivity contribution is 1.16. The van der Waals surface area contributed by atoms with Gasteiger partial charge in [-0.1, -0.05) is 48.5 Å². The molecule has 82 valence electrons. The molecule has 2 aromatic carbocycles. The highest BCUT2D eigenvalue weighted by atomic mass is 127. The molecule has 0 amide bonds. The first-order valence-corrected chi connectivity index (χ1v) is 6.40. The van der Waals surface area contributed by atoms with Crippen LogP contribution in [0.2, 0.25) is 0 Å². The van der Waals surface area contributed by atoms with Gasteiger partial charge in [-0.25, -0.2) is 9.97 Å². The van der Waals surface area contributed by atoms with Gasteiger partial charge in [0, 0.05) is 33.5 Å². The highest BCUT2D eigenvalue weighted by Gasteiger charge is 2.07. The number of aromatic nitrogens is 2. The Morgan fingerprint density at radius 1 is 0.765 bits per heavy atom. The number of hydrogen-bond donors (Lipinski definition) is 0. The summed E-state index contributed by atoms with van der Waals surface area (Å²) in [6, 6.07) is 18.3. The maximum absolute atomic E-state index is 4.55. The van der Waals surface area contributed by atoms with Gasteiger partial charge in [0.05, 0.1) is 11.2 Å². The number of fused-ring (bicyclic) bond motifs is 1. The van der Waals surface area contributed by atoms with Gasteiger partial charge in [-0.2, -0.15) is 0 Å². The Bertz CT molecular complexity index is 665. The molecule has 0 unspecified atom stereocenters. The van der Waals surface area contributed by atoms with E-state index in [0.29, 0.717) is 0 Å². The predicted molar refractivity (Wildman–Crippen MR) is 77.7 cm³/mol. The summed E-state index contributed by atoms with van der Waals surface area (Å²) < 4.78 is 0.778. The molecule has 0 saturated carbocycles. The maximum atomic E-state index is 4.55. The monoisotopic (exact) mass is 332 g/mol. The fourth-order valence-corrected chi connectivity index (χ4v) is 2.37.